The third kappa shape index (κ3) is 3.55. The Morgan fingerprint density at radius 1 is 1.33 bits per heavy atom. The molecule has 1 fully saturated rings. The van der Waals surface area contributed by atoms with Gasteiger partial charge in [-0.15, -0.1) is 0 Å². The summed E-state index contributed by atoms with van der Waals surface area (Å²) >= 11 is 0. The number of carbonyl (C=O) groups excluding carboxylic acids is 1. The molecule has 1 aliphatic rings. The van der Waals surface area contributed by atoms with Gasteiger partial charge >= 0.3 is 0 Å². The van der Waals surface area contributed by atoms with Crippen molar-refractivity contribution in [3.63, 3.8) is 0 Å². The van der Waals surface area contributed by atoms with Gasteiger partial charge in [0, 0.05) is 5.54 Å². The van der Waals surface area contributed by atoms with Crippen LogP contribution in [-0.2, 0) is 15.9 Å². The summed E-state index contributed by atoms with van der Waals surface area (Å²) in [5, 5.41) is 22.9. The molecule has 1 saturated carbocycles. The van der Waals surface area contributed by atoms with Gasteiger partial charge in [-0.05, 0) is 69.0 Å². The second-order valence-corrected chi connectivity index (χ2v) is 8.44. The number of imidazole rings is 1. The van der Waals surface area contributed by atoms with Gasteiger partial charge in [0.15, 0.2) is 0 Å². The molecule has 2 N–H and O–H groups in total. The van der Waals surface area contributed by atoms with E-state index in [0.29, 0.717) is 22.6 Å². The maximum Gasteiger partial charge on any atom is 0.229 e. The van der Waals surface area contributed by atoms with Crippen LogP contribution in [0.1, 0.15) is 50.7 Å². The Balaban J connectivity index is 1.65. The monoisotopic (exact) mass is 406 g/mol. The van der Waals surface area contributed by atoms with Gasteiger partial charge in [-0.25, -0.2) is 9.37 Å². The van der Waals surface area contributed by atoms with Crippen molar-refractivity contribution in [2.75, 3.05) is 5.32 Å². The zero-order valence-electron chi connectivity index (χ0n) is 16.9. The zero-order valence-corrected chi connectivity index (χ0v) is 16.9. The van der Waals surface area contributed by atoms with Gasteiger partial charge in [0.1, 0.15) is 5.82 Å². The third-order valence-corrected chi connectivity index (χ3v) is 5.98. The number of halogens is 1. The summed E-state index contributed by atoms with van der Waals surface area (Å²) in [5.74, 6) is -0.398. The molecule has 2 aromatic carbocycles. The van der Waals surface area contributed by atoms with Crippen LogP contribution in [0.15, 0.2) is 42.5 Å². The van der Waals surface area contributed by atoms with E-state index in [1.165, 1.54) is 31.2 Å². The fourth-order valence-corrected chi connectivity index (χ4v) is 4.08. The van der Waals surface area contributed by atoms with Gasteiger partial charge in [-0.2, -0.15) is 5.26 Å². The molecule has 4 rings (SSSR count). The number of hydrogen-bond donors (Lipinski definition) is 2. The predicted molar refractivity (Wildman–Crippen MR) is 111 cm³/mol. The van der Waals surface area contributed by atoms with Crippen LogP contribution in [0.3, 0.4) is 0 Å². The number of aliphatic hydroxyl groups is 1. The summed E-state index contributed by atoms with van der Waals surface area (Å²) in [5.41, 5.74) is 0.842. The van der Waals surface area contributed by atoms with Crippen molar-refractivity contribution in [2.24, 2.45) is 0 Å². The maximum atomic E-state index is 13.2. The highest BCUT2D eigenvalue weighted by molar-refractivity contribution is 5.92. The van der Waals surface area contributed by atoms with Crippen molar-refractivity contribution in [3.05, 3.63) is 59.4 Å². The third-order valence-electron chi connectivity index (χ3n) is 5.98. The lowest BCUT2D eigenvalue weighted by Gasteiger charge is -2.41. The highest BCUT2D eigenvalue weighted by atomic mass is 19.1. The number of benzene rings is 2. The van der Waals surface area contributed by atoms with Gasteiger partial charge in [0.2, 0.25) is 11.9 Å². The van der Waals surface area contributed by atoms with E-state index in [9.17, 15) is 19.6 Å². The quantitative estimate of drug-likeness (QED) is 0.665. The maximum absolute atomic E-state index is 13.2. The van der Waals surface area contributed by atoms with Gasteiger partial charge in [-0.1, -0.05) is 12.1 Å². The molecule has 6 nitrogen and oxygen atoms in total. The Morgan fingerprint density at radius 2 is 2.03 bits per heavy atom. The Bertz CT molecular complexity index is 1150. The van der Waals surface area contributed by atoms with Crippen LogP contribution in [-0.4, -0.2) is 20.6 Å². The summed E-state index contributed by atoms with van der Waals surface area (Å²) < 4.78 is 15.2. The molecule has 3 aromatic rings. The predicted octanol–water partition coefficient (Wildman–Crippen LogP) is 4.18. The smallest absolute Gasteiger partial charge is 0.229 e. The van der Waals surface area contributed by atoms with Crippen molar-refractivity contribution in [2.45, 2.75) is 50.7 Å². The molecule has 0 aliphatic heterocycles. The highest BCUT2D eigenvalue weighted by Gasteiger charge is 2.37. The van der Waals surface area contributed by atoms with E-state index in [1.807, 2.05) is 4.57 Å². The average Bonchev–Trinajstić information content (AvgIpc) is 3.02. The summed E-state index contributed by atoms with van der Waals surface area (Å²) in [6.07, 6.45) is 2.78. The highest BCUT2D eigenvalue weighted by Crippen LogP contribution is 2.43. The number of nitrogens with zero attached hydrogens (tertiary/aromatic N) is 3. The first-order chi connectivity index (χ1) is 14.2. The minimum absolute atomic E-state index is 0.190. The van der Waals surface area contributed by atoms with E-state index in [0.717, 1.165) is 24.8 Å². The van der Waals surface area contributed by atoms with E-state index in [2.05, 4.69) is 23.3 Å². The Labute approximate surface area is 174 Å². The van der Waals surface area contributed by atoms with Crippen LogP contribution in [0.2, 0.25) is 0 Å². The Hall–Kier alpha value is -3.24. The number of hydrogen-bond acceptors (Lipinski definition) is 4. The lowest BCUT2D eigenvalue weighted by atomic mass is 9.78. The van der Waals surface area contributed by atoms with E-state index in [4.69, 9.17) is 0 Å². The SMILES string of the molecule is CC(O)(CC(=O)Nc1nc2ccc(C#N)cc2n1C1(C)CCC1)c1ccc(F)cc1. The number of nitrogens with one attached hydrogen (secondary N) is 1. The second kappa shape index (κ2) is 7.22. The minimum atomic E-state index is -1.46. The molecule has 1 unspecified atom stereocenters. The molecule has 154 valence electrons. The van der Waals surface area contributed by atoms with Crippen LogP contribution in [0.4, 0.5) is 10.3 Å². The van der Waals surface area contributed by atoms with E-state index >= 15 is 0 Å². The minimum Gasteiger partial charge on any atom is -0.385 e. The number of nitriles is 1. The number of amides is 1. The van der Waals surface area contributed by atoms with Crippen LogP contribution in [0.25, 0.3) is 11.0 Å². The lowest BCUT2D eigenvalue weighted by Crippen LogP contribution is -2.38. The standard InChI is InChI=1S/C23H23FN4O2/c1-22(10-3-11-22)28-19-12-15(14-25)4-9-18(19)26-21(28)27-20(29)13-23(2,30)16-5-7-17(24)8-6-16/h4-9,12,30H,3,10-11,13H2,1-2H3,(H,26,27,29). The summed E-state index contributed by atoms with van der Waals surface area (Å²) in [7, 11) is 0. The molecule has 1 atom stereocenters. The van der Waals surface area contributed by atoms with Crippen molar-refractivity contribution < 1.29 is 14.3 Å². The number of rotatable bonds is 5. The van der Waals surface area contributed by atoms with E-state index in [1.54, 1.807) is 18.2 Å². The molecule has 30 heavy (non-hydrogen) atoms. The molecular weight excluding hydrogens is 383 g/mol. The molecule has 0 saturated heterocycles. The zero-order chi connectivity index (χ0) is 21.5. The first kappa shape index (κ1) is 20.0. The Kier molecular flexibility index (Phi) is 4.83. The van der Waals surface area contributed by atoms with Crippen LogP contribution < -0.4 is 5.32 Å². The van der Waals surface area contributed by atoms with Crippen LogP contribution in [0, 0.1) is 17.1 Å². The Morgan fingerprint density at radius 3 is 2.63 bits per heavy atom. The van der Waals surface area contributed by atoms with Gasteiger partial charge in [0.05, 0.1) is 34.7 Å². The van der Waals surface area contributed by atoms with Crippen LogP contribution in [0.5, 0.6) is 0 Å². The normalized spacial score (nSPS) is 17.0. The van der Waals surface area contributed by atoms with Crippen molar-refractivity contribution in [1.82, 2.24) is 9.55 Å². The van der Waals surface area contributed by atoms with Crippen molar-refractivity contribution in [3.8, 4) is 6.07 Å². The number of anilines is 1. The van der Waals surface area contributed by atoms with Gasteiger partial charge < -0.3 is 9.67 Å². The topological polar surface area (TPSA) is 90.9 Å². The number of carbonyl (C=O) groups is 1. The number of aromatic nitrogens is 2. The molecule has 1 heterocycles. The van der Waals surface area contributed by atoms with E-state index in [-0.39, 0.29) is 12.0 Å². The molecule has 7 heteroatoms. The van der Waals surface area contributed by atoms with Crippen molar-refractivity contribution >= 4 is 22.9 Å². The molecule has 0 bridgehead atoms. The molecule has 1 aliphatic carbocycles. The molecular formula is C23H23FN4O2. The largest absolute Gasteiger partial charge is 0.385 e. The molecule has 1 aromatic heterocycles. The summed E-state index contributed by atoms with van der Waals surface area (Å²) in [4.78, 5) is 17.4. The first-order valence-corrected chi connectivity index (χ1v) is 9.93. The van der Waals surface area contributed by atoms with Crippen molar-refractivity contribution in [1.29, 1.82) is 5.26 Å². The fourth-order valence-electron chi connectivity index (χ4n) is 4.08. The van der Waals surface area contributed by atoms with E-state index < -0.39 is 17.3 Å². The fraction of sp³-hybridized carbons (Fsp3) is 0.348. The number of fused-ring (bicyclic) bond motifs is 1. The first-order valence-electron chi connectivity index (χ1n) is 9.93. The summed E-state index contributed by atoms with van der Waals surface area (Å²) in [6.45, 7) is 3.64. The van der Waals surface area contributed by atoms with Crippen LogP contribution >= 0.6 is 0 Å². The lowest BCUT2D eigenvalue weighted by molar-refractivity contribution is -0.120. The molecule has 0 radical (unpaired) electrons. The molecule has 1 amide bonds. The van der Waals surface area contributed by atoms with Gasteiger partial charge in [-0.3, -0.25) is 10.1 Å². The average molecular weight is 406 g/mol. The van der Waals surface area contributed by atoms with Gasteiger partial charge in [0.25, 0.3) is 0 Å². The second-order valence-electron chi connectivity index (χ2n) is 8.44. The summed E-state index contributed by atoms with van der Waals surface area (Å²) in [6, 6.07) is 12.9. The molecule has 0 spiro atoms.